The normalized spacial score (nSPS) is 17.3. The van der Waals surface area contributed by atoms with Crippen molar-refractivity contribution < 1.29 is 22.7 Å². The van der Waals surface area contributed by atoms with Gasteiger partial charge in [-0.1, -0.05) is 24.3 Å². The number of hydrogen-bond acceptors (Lipinski definition) is 3. The van der Waals surface area contributed by atoms with Gasteiger partial charge in [0.25, 0.3) is 0 Å². The summed E-state index contributed by atoms with van der Waals surface area (Å²) in [6, 6.07) is 7.88. The number of nitrogens with one attached hydrogen (secondary N) is 2. The quantitative estimate of drug-likeness (QED) is 0.863. The van der Waals surface area contributed by atoms with E-state index in [1.165, 1.54) is 5.56 Å². The number of alkyl halides is 3. The topological polar surface area (TPSA) is 50.4 Å². The summed E-state index contributed by atoms with van der Waals surface area (Å²) < 4.78 is 40.0. The van der Waals surface area contributed by atoms with Gasteiger partial charge in [-0.25, -0.2) is 0 Å². The molecule has 8 heteroatoms. The lowest BCUT2D eigenvalue weighted by atomic mass is 9.94. The molecule has 1 unspecified atom stereocenters. The van der Waals surface area contributed by atoms with Gasteiger partial charge < -0.3 is 15.4 Å². The average Bonchev–Trinajstić information content (AvgIpc) is 2.43. The molecule has 0 aromatic heterocycles. The second-order valence-corrected chi connectivity index (χ2v) is 4.87. The fourth-order valence-electron chi connectivity index (χ4n) is 2.30. The molecule has 1 amide bonds. The van der Waals surface area contributed by atoms with Crippen LogP contribution in [-0.4, -0.2) is 38.4 Å². The largest absolute Gasteiger partial charge is 0.411 e. The van der Waals surface area contributed by atoms with Crippen LogP contribution in [0.3, 0.4) is 0 Å². The van der Waals surface area contributed by atoms with Crippen molar-refractivity contribution in [1.82, 2.24) is 10.6 Å². The van der Waals surface area contributed by atoms with E-state index in [9.17, 15) is 18.0 Å². The third kappa shape index (κ3) is 5.82. The van der Waals surface area contributed by atoms with Crippen LogP contribution in [0.5, 0.6) is 0 Å². The van der Waals surface area contributed by atoms with Crippen molar-refractivity contribution >= 4 is 18.3 Å². The van der Waals surface area contributed by atoms with E-state index in [4.69, 9.17) is 0 Å². The summed E-state index contributed by atoms with van der Waals surface area (Å²) in [6.45, 7) is -0.869. The molecule has 0 aliphatic carbocycles. The maximum absolute atomic E-state index is 11.9. The maximum atomic E-state index is 11.9. The molecule has 1 aromatic carbocycles. The maximum Gasteiger partial charge on any atom is 0.411 e. The van der Waals surface area contributed by atoms with Gasteiger partial charge in [-0.3, -0.25) is 4.79 Å². The van der Waals surface area contributed by atoms with Crippen LogP contribution in [0.4, 0.5) is 13.2 Å². The first kappa shape index (κ1) is 18.7. The van der Waals surface area contributed by atoms with Crippen molar-refractivity contribution in [2.45, 2.75) is 18.6 Å². The van der Waals surface area contributed by atoms with Gasteiger partial charge in [-0.2, -0.15) is 13.2 Å². The molecule has 1 aromatic rings. The second kappa shape index (κ2) is 8.36. The van der Waals surface area contributed by atoms with Gasteiger partial charge in [-0.15, -0.1) is 12.4 Å². The molecular formula is C14H18ClF3N2O2. The van der Waals surface area contributed by atoms with E-state index < -0.39 is 25.3 Å². The summed E-state index contributed by atoms with van der Waals surface area (Å²) >= 11 is 0. The number of benzene rings is 1. The highest BCUT2D eigenvalue weighted by Crippen LogP contribution is 2.21. The van der Waals surface area contributed by atoms with Crippen LogP contribution < -0.4 is 10.6 Å². The molecule has 1 heterocycles. The summed E-state index contributed by atoms with van der Waals surface area (Å²) in [5.41, 5.74) is 2.34. The Morgan fingerprint density at radius 3 is 2.82 bits per heavy atom. The van der Waals surface area contributed by atoms with Crippen molar-refractivity contribution in [2.75, 3.05) is 26.3 Å². The number of ether oxygens (including phenoxy) is 1. The third-order valence-electron chi connectivity index (χ3n) is 3.22. The Labute approximate surface area is 132 Å². The highest BCUT2D eigenvalue weighted by Gasteiger charge is 2.28. The van der Waals surface area contributed by atoms with Crippen molar-refractivity contribution in [2.24, 2.45) is 0 Å². The van der Waals surface area contributed by atoms with Crippen molar-refractivity contribution in [3.05, 3.63) is 35.4 Å². The number of fused-ring (bicyclic) bond motifs is 1. The summed E-state index contributed by atoms with van der Waals surface area (Å²) in [7, 11) is 0. The Morgan fingerprint density at radius 2 is 2.09 bits per heavy atom. The molecule has 22 heavy (non-hydrogen) atoms. The smallest absolute Gasteiger partial charge is 0.362 e. The van der Waals surface area contributed by atoms with E-state index in [-0.39, 0.29) is 18.4 Å². The Hall–Kier alpha value is -1.31. The number of halogens is 4. The molecule has 2 N–H and O–H groups in total. The summed E-state index contributed by atoms with van der Waals surface area (Å²) in [5, 5.41) is 5.86. The Bertz CT molecular complexity index is 497. The highest BCUT2D eigenvalue weighted by atomic mass is 35.5. The Kier molecular flexibility index (Phi) is 7.12. The van der Waals surface area contributed by atoms with Crippen molar-refractivity contribution in [1.29, 1.82) is 0 Å². The lowest BCUT2D eigenvalue weighted by Crippen LogP contribution is -2.40. The van der Waals surface area contributed by atoms with E-state index in [0.29, 0.717) is 6.54 Å². The van der Waals surface area contributed by atoms with E-state index in [0.717, 1.165) is 18.5 Å². The van der Waals surface area contributed by atoms with Gasteiger partial charge in [0.15, 0.2) is 0 Å². The zero-order chi connectivity index (χ0) is 15.3. The zero-order valence-corrected chi connectivity index (χ0v) is 12.6. The second-order valence-electron chi connectivity index (χ2n) is 4.87. The lowest BCUT2D eigenvalue weighted by Gasteiger charge is -2.27. The van der Waals surface area contributed by atoms with E-state index >= 15 is 0 Å². The molecule has 0 spiro atoms. The first-order valence-electron chi connectivity index (χ1n) is 6.68. The van der Waals surface area contributed by atoms with Crippen LogP contribution in [0.15, 0.2) is 24.3 Å². The predicted molar refractivity (Wildman–Crippen MR) is 78.0 cm³/mol. The standard InChI is InChI=1S/C14H17F3N2O2.ClH/c15-14(16,17)9-21-8-13(20)19-7-12-11-4-2-1-3-10(11)5-6-18-12;/h1-4,12,18H,5-9H2,(H,19,20);1H. The van der Waals surface area contributed by atoms with Crippen LogP contribution in [0.1, 0.15) is 17.2 Å². The third-order valence-corrected chi connectivity index (χ3v) is 3.22. The molecule has 0 radical (unpaired) electrons. The first-order valence-corrected chi connectivity index (χ1v) is 6.68. The zero-order valence-electron chi connectivity index (χ0n) is 11.8. The number of carbonyl (C=O) groups is 1. The monoisotopic (exact) mass is 338 g/mol. The molecule has 4 nitrogen and oxygen atoms in total. The lowest BCUT2D eigenvalue weighted by molar-refractivity contribution is -0.175. The number of amides is 1. The molecule has 1 atom stereocenters. The SMILES string of the molecule is Cl.O=C(COCC(F)(F)F)NCC1NCCc2ccccc21. The number of carbonyl (C=O) groups excluding carboxylic acids is 1. The van der Waals surface area contributed by atoms with Crippen LogP contribution in [0.2, 0.25) is 0 Å². The summed E-state index contributed by atoms with van der Waals surface area (Å²) in [6.07, 6.45) is -3.49. The molecule has 2 rings (SSSR count). The summed E-state index contributed by atoms with van der Waals surface area (Å²) in [4.78, 5) is 11.5. The van der Waals surface area contributed by atoms with E-state index in [1.807, 2.05) is 24.3 Å². The number of rotatable bonds is 5. The number of hydrogen-bond donors (Lipinski definition) is 2. The molecule has 0 bridgehead atoms. The summed E-state index contributed by atoms with van der Waals surface area (Å²) in [5.74, 6) is -0.552. The van der Waals surface area contributed by atoms with Gasteiger partial charge in [0.05, 0.1) is 0 Å². The van der Waals surface area contributed by atoms with Crippen molar-refractivity contribution in [3.8, 4) is 0 Å². The Morgan fingerprint density at radius 1 is 1.36 bits per heavy atom. The van der Waals surface area contributed by atoms with Gasteiger partial charge in [0.2, 0.25) is 5.91 Å². The fraction of sp³-hybridized carbons (Fsp3) is 0.500. The molecule has 124 valence electrons. The van der Waals surface area contributed by atoms with Crippen LogP contribution in [0, 0.1) is 0 Å². The highest BCUT2D eigenvalue weighted by molar-refractivity contribution is 5.85. The van der Waals surface area contributed by atoms with E-state index in [2.05, 4.69) is 15.4 Å². The average molecular weight is 339 g/mol. The van der Waals surface area contributed by atoms with Gasteiger partial charge in [-0.05, 0) is 24.1 Å². The van der Waals surface area contributed by atoms with Gasteiger partial charge in [0, 0.05) is 12.6 Å². The minimum Gasteiger partial charge on any atom is -0.362 e. The predicted octanol–water partition coefficient (Wildman–Crippen LogP) is 1.99. The molecule has 1 aliphatic rings. The van der Waals surface area contributed by atoms with E-state index in [1.54, 1.807) is 0 Å². The molecule has 0 saturated heterocycles. The minimum absolute atomic E-state index is 0. The minimum atomic E-state index is -4.41. The molecule has 1 aliphatic heterocycles. The van der Waals surface area contributed by atoms with Crippen LogP contribution in [0.25, 0.3) is 0 Å². The molecular weight excluding hydrogens is 321 g/mol. The molecule has 0 fully saturated rings. The van der Waals surface area contributed by atoms with Crippen LogP contribution in [-0.2, 0) is 16.0 Å². The fourth-order valence-corrected chi connectivity index (χ4v) is 2.30. The van der Waals surface area contributed by atoms with Crippen molar-refractivity contribution in [3.63, 3.8) is 0 Å². The molecule has 0 saturated carbocycles. The Balaban J connectivity index is 0.00000242. The van der Waals surface area contributed by atoms with Gasteiger partial charge >= 0.3 is 6.18 Å². The van der Waals surface area contributed by atoms with Crippen LogP contribution >= 0.6 is 12.4 Å². The first-order chi connectivity index (χ1) is 9.96. The van der Waals surface area contributed by atoms with Gasteiger partial charge in [0.1, 0.15) is 13.2 Å².